The lowest BCUT2D eigenvalue weighted by Crippen LogP contribution is -2.05. The first-order valence-electron chi connectivity index (χ1n) is 10.2. The summed E-state index contributed by atoms with van der Waals surface area (Å²) in [5, 5.41) is 0. The minimum absolute atomic E-state index is 0.0174. The van der Waals surface area contributed by atoms with Gasteiger partial charge < -0.3 is 4.43 Å². The van der Waals surface area contributed by atoms with Gasteiger partial charge in [0.25, 0.3) is 5.97 Å². The monoisotopic (exact) mass is 340 g/mol. The molecule has 0 saturated heterocycles. The fourth-order valence-electron chi connectivity index (χ4n) is 2.98. The molecular weight excluding hydrogens is 300 g/mol. The fourth-order valence-corrected chi connectivity index (χ4v) is 3.31. The fraction of sp³-hybridized carbons (Fsp3) is 0.950. The molecule has 23 heavy (non-hydrogen) atoms. The van der Waals surface area contributed by atoms with Gasteiger partial charge >= 0.3 is 9.76 Å². The maximum Gasteiger partial charge on any atom is 0.311 e. The molecule has 0 saturated carbocycles. The van der Waals surface area contributed by atoms with E-state index in [1.807, 2.05) is 6.55 Å². The van der Waals surface area contributed by atoms with Crippen LogP contribution in [0.5, 0.6) is 0 Å². The van der Waals surface area contributed by atoms with Gasteiger partial charge in [0.05, 0.1) is 0 Å². The van der Waals surface area contributed by atoms with Gasteiger partial charge in [-0.05, 0) is 13.0 Å². The summed E-state index contributed by atoms with van der Waals surface area (Å²) in [5.41, 5.74) is 0. The number of hydrogen-bond acceptors (Lipinski definition) is 2. The van der Waals surface area contributed by atoms with Crippen molar-refractivity contribution in [3.8, 4) is 0 Å². The quantitative estimate of drug-likeness (QED) is 0.201. The molecule has 3 heteroatoms. The van der Waals surface area contributed by atoms with Crippen LogP contribution in [0, 0.1) is 0 Å². The van der Waals surface area contributed by atoms with Crippen LogP contribution < -0.4 is 0 Å². The van der Waals surface area contributed by atoms with E-state index in [-0.39, 0.29) is 5.97 Å². The highest BCUT2D eigenvalue weighted by Gasteiger charge is 2.00. The number of hydrogen-bond donors (Lipinski definition) is 0. The second kappa shape index (κ2) is 19.7. The summed E-state index contributed by atoms with van der Waals surface area (Å²) in [6, 6.07) is 0. The van der Waals surface area contributed by atoms with Gasteiger partial charge in [-0.3, -0.25) is 4.79 Å². The minimum atomic E-state index is -0.0174. The van der Waals surface area contributed by atoms with Crippen molar-refractivity contribution in [2.75, 3.05) is 0 Å². The highest BCUT2D eigenvalue weighted by Crippen LogP contribution is 2.14. The van der Waals surface area contributed by atoms with Crippen molar-refractivity contribution in [1.82, 2.24) is 0 Å². The lowest BCUT2D eigenvalue weighted by molar-refractivity contribution is -0.134. The Morgan fingerprint density at radius 2 is 1.00 bits per heavy atom. The molecule has 2 nitrogen and oxygen atoms in total. The third-order valence-corrected chi connectivity index (χ3v) is 4.88. The predicted octanol–water partition coefficient (Wildman–Crippen LogP) is 6.85. The molecule has 136 valence electrons. The standard InChI is InChI=1S/C20H40O2Si/c1-3-4-5-6-7-8-9-10-11-12-13-14-15-16-17-18-19-20(21)22-23-2/h3-19H2,1-2H3. The van der Waals surface area contributed by atoms with Gasteiger partial charge in [0, 0.05) is 6.42 Å². The summed E-state index contributed by atoms with van der Waals surface area (Å²) in [6.45, 7) is 4.18. The predicted molar refractivity (Wildman–Crippen MR) is 102 cm³/mol. The van der Waals surface area contributed by atoms with Crippen molar-refractivity contribution in [3.05, 3.63) is 0 Å². The molecular formula is C20H40O2Si. The average Bonchev–Trinajstić information content (AvgIpc) is 2.54. The van der Waals surface area contributed by atoms with E-state index in [1.165, 1.54) is 96.3 Å². The molecule has 0 aromatic rings. The van der Waals surface area contributed by atoms with E-state index in [9.17, 15) is 4.79 Å². The summed E-state index contributed by atoms with van der Waals surface area (Å²) in [5.74, 6) is -0.0174. The van der Waals surface area contributed by atoms with Crippen LogP contribution in [0.2, 0.25) is 6.55 Å². The highest BCUT2D eigenvalue weighted by molar-refractivity contribution is 6.28. The summed E-state index contributed by atoms with van der Waals surface area (Å²) in [6.07, 6.45) is 22.5. The van der Waals surface area contributed by atoms with Crippen molar-refractivity contribution >= 4 is 15.7 Å². The molecule has 0 aliphatic carbocycles. The van der Waals surface area contributed by atoms with E-state index < -0.39 is 0 Å². The Morgan fingerprint density at radius 1 is 0.652 bits per heavy atom. The number of unbranched alkanes of at least 4 members (excludes halogenated alkanes) is 15. The summed E-state index contributed by atoms with van der Waals surface area (Å²) in [4.78, 5) is 11.2. The summed E-state index contributed by atoms with van der Waals surface area (Å²) in [7, 11) is 0.299. The zero-order valence-electron chi connectivity index (χ0n) is 15.8. The van der Waals surface area contributed by atoms with E-state index in [1.54, 1.807) is 0 Å². The lowest BCUT2D eigenvalue weighted by Gasteiger charge is -2.04. The molecule has 0 unspecified atom stereocenters. The Kier molecular flexibility index (Phi) is 19.5. The van der Waals surface area contributed by atoms with Crippen LogP contribution >= 0.6 is 0 Å². The molecule has 0 amide bonds. The van der Waals surface area contributed by atoms with E-state index in [4.69, 9.17) is 4.43 Å². The molecule has 0 spiro atoms. The van der Waals surface area contributed by atoms with Crippen LogP contribution in [0.4, 0.5) is 0 Å². The molecule has 0 bridgehead atoms. The molecule has 0 aliphatic rings. The molecule has 0 aliphatic heterocycles. The second-order valence-corrected chi connectivity index (χ2v) is 7.34. The van der Waals surface area contributed by atoms with E-state index in [0.717, 1.165) is 6.42 Å². The number of carbonyl (C=O) groups is 1. The van der Waals surface area contributed by atoms with Crippen LogP contribution in [0.15, 0.2) is 0 Å². The minimum Gasteiger partial charge on any atom is -0.517 e. The average molecular weight is 341 g/mol. The van der Waals surface area contributed by atoms with Gasteiger partial charge in [0.15, 0.2) is 0 Å². The number of rotatable bonds is 18. The first-order valence-corrected chi connectivity index (χ1v) is 11.6. The van der Waals surface area contributed by atoms with E-state index >= 15 is 0 Å². The van der Waals surface area contributed by atoms with Crippen molar-refractivity contribution in [3.63, 3.8) is 0 Å². The van der Waals surface area contributed by atoms with Crippen LogP contribution in [0.1, 0.15) is 116 Å². The van der Waals surface area contributed by atoms with E-state index in [2.05, 4.69) is 6.92 Å². The van der Waals surface area contributed by atoms with Crippen molar-refractivity contribution in [2.24, 2.45) is 0 Å². The third kappa shape index (κ3) is 19.6. The van der Waals surface area contributed by atoms with Gasteiger partial charge in [-0.15, -0.1) is 0 Å². The Balaban J connectivity index is 3.01. The maximum atomic E-state index is 11.2. The van der Waals surface area contributed by atoms with Crippen LogP contribution in [-0.2, 0) is 9.22 Å². The zero-order chi connectivity index (χ0) is 17.0. The molecule has 0 aromatic carbocycles. The second-order valence-electron chi connectivity index (χ2n) is 6.73. The van der Waals surface area contributed by atoms with E-state index in [0.29, 0.717) is 16.2 Å². The smallest absolute Gasteiger partial charge is 0.311 e. The third-order valence-electron chi connectivity index (χ3n) is 4.45. The highest BCUT2D eigenvalue weighted by atomic mass is 28.2. The van der Waals surface area contributed by atoms with Crippen molar-refractivity contribution < 1.29 is 9.22 Å². The Labute approximate surface area is 148 Å². The molecule has 0 fully saturated rings. The first-order chi connectivity index (χ1) is 11.3. The summed E-state index contributed by atoms with van der Waals surface area (Å²) >= 11 is 0. The van der Waals surface area contributed by atoms with Gasteiger partial charge in [0.1, 0.15) is 0 Å². The van der Waals surface area contributed by atoms with Gasteiger partial charge in [-0.1, -0.05) is 103 Å². The Bertz CT molecular complexity index is 244. The Hall–Kier alpha value is -0.313. The lowest BCUT2D eigenvalue weighted by atomic mass is 10.0. The van der Waals surface area contributed by atoms with Crippen LogP contribution in [-0.4, -0.2) is 15.7 Å². The normalized spacial score (nSPS) is 10.9. The van der Waals surface area contributed by atoms with Gasteiger partial charge in [-0.2, -0.15) is 0 Å². The summed E-state index contributed by atoms with van der Waals surface area (Å²) < 4.78 is 4.95. The molecule has 0 aromatic heterocycles. The SMILES string of the molecule is CCCCCCCCCCCCCCCCCCC(=O)O[Si]C. The molecule has 0 heterocycles. The van der Waals surface area contributed by atoms with Crippen LogP contribution in [0.3, 0.4) is 0 Å². The molecule has 0 atom stereocenters. The van der Waals surface area contributed by atoms with Gasteiger partial charge in [-0.25, -0.2) is 0 Å². The van der Waals surface area contributed by atoms with Crippen molar-refractivity contribution in [1.29, 1.82) is 0 Å². The molecule has 0 rings (SSSR count). The van der Waals surface area contributed by atoms with Gasteiger partial charge in [0.2, 0.25) is 0 Å². The topological polar surface area (TPSA) is 26.3 Å². The molecule has 2 radical (unpaired) electrons. The van der Waals surface area contributed by atoms with Crippen molar-refractivity contribution in [2.45, 2.75) is 123 Å². The largest absolute Gasteiger partial charge is 0.517 e. The van der Waals surface area contributed by atoms with Crippen LogP contribution in [0.25, 0.3) is 0 Å². The molecule has 0 N–H and O–H groups in total. The zero-order valence-corrected chi connectivity index (χ0v) is 16.8. The first kappa shape index (κ1) is 22.7. The maximum absolute atomic E-state index is 11.2. The Morgan fingerprint density at radius 3 is 1.35 bits per heavy atom. The number of carbonyl (C=O) groups excluding carboxylic acids is 1.